The van der Waals surface area contributed by atoms with Crippen molar-refractivity contribution in [3.8, 4) is 5.75 Å². The summed E-state index contributed by atoms with van der Waals surface area (Å²) in [6.45, 7) is 4.67. The Morgan fingerprint density at radius 1 is 1.43 bits per heavy atom. The molecule has 0 radical (unpaired) electrons. The number of methoxy groups -OCH3 is 1. The molecule has 1 N–H and O–H groups in total. The number of aliphatic hydroxyl groups is 1. The smallest absolute Gasteiger partial charge is 0.307 e. The summed E-state index contributed by atoms with van der Waals surface area (Å²) in [6.07, 6.45) is 0.606. The SMILES string of the molecule is CCC(=O)OC(C)(C)N(Oc1ccc(CO)c(F)c1)PCOC. The van der Waals surface area contributed by atoms with Gasteiger partial charge >= 0.3 is 5.97 Å². The van der Waals surface area contributed by atoms with Gasteiger partial charge in [0.15, 0.2) is 11.5 Å². The molecule has 0 aromatic heterocycles. The maximum Gasteiger partial charge on any atom is 0.307 e. The van der Waals surface area contributed by atoms with Crippen molar-refractivity contribution in [2.75, 3.05) is 13.5 Å². The molecule has 0 aliphatic heterocycles. The number of hydrogen-bond acceptors (Lipinski definition) is 6. The molecule has 0 fully saturated rings. The van der Waals surface area contributed by atoms with E-state index in [0.29, 0.717) is 6.35 Å². The number of ether oxygens (including phenoxy) is 2. The fraction of sp³-hybridized carbons (Fsp3) is 0.533. The maximum absolute atomic E-state index is 13.7. The fourth-order valence-corrected chi connectivity index (χ4v) is 2.51. The monoisotopic (exact) mass is 347 g/mol. The number of hydrogen-bond donors (Lipinski definition) is 1. The van der Waals surface area contributed by atoms with Gasteiger partial charge in [0.25, 0.3) is 0 Å². The Bertz CT molecular complexity index is 527. The number of hydroxylamine groups is 1. The van der Waals surface area contributed by atoms with E-state index < -0.39 is 11.5 Å². The van der Waals surface area contributed by atoms with Gasteiger partial charge in [0, 0.05) is 33.9 Å². The molecular weight excluding hydrogens is 324 g/mol. The summed E-state index contributed by atoms with van der Waals surface area (Å²) in [5.41, 5.74) is -0.865. The maximum atomic E-state index is 13.7. The van der Waals surface area contributed by atoms with E-state index in [4.69, 9.17) is 19.4 Å². The predicted molar refractivity (Wildman–Crippen MR) is 85.4 cm³/mol. The zero-order chi connectivity index (χ0) is 17.5. The van der Waals surface area contributed by atoms with Gasteiger partial charge < -0.3 is 19.4 Å². The van der Waals surface area contributed by atoms with Crippen LogP contribution in [0.25, 0.3) is 0 Å². The van der Waals surface area contributed by atoms with Gasteiger partial charge in [-0.25, -0.2) is 4.39 Å². The first-order valence-electron chi connectivity index (χ1n) is 7.15. The van der Waals surface area contributed by atoms with Crippen LogP contribution in [0.3, 0.4) is 0 Å². The Morgan fingerprint density at radius 3 is 2.65 bits per heavy atom. The summed E-state index contributed by atoms with van der Waals surface area (Å²) in [5.74, 6) is -0.695. The normalized spacial score (nSPS) is 12.1. The van der Waals surface area contributed by atoms with E-state index in [-0.39, 0.29) is 39.0 Å². The third kappa shape index (κ3) is 6.03. The van der Waals surface area contributed by atoms with Crippen molar-refractivity contribution in [3.05, 3.63) is 29.6 Å². The van der Waals surface area contributed by atoms with Crippen LogP contribution in [0, 0.1) is 5.82 Å². The Hall–Kier alpha value is -1.27. The number of esters is 1. The number of aliphatic hydroxyl groups excluding tert-OH is 1. The van der Waals surface area contributed by atoms with E-state index in [1.807, 2.05) is 0 Å². The second-order valence-electron chi connectivity index (χ2n) is 5.16. The standard InChI is InChI=1S/C15H23FNO5P/c1-5-14(19)21-15(2,3)17(23-10-20-4)22-12-7-6-11(9-18)13(16)8-12/h6-8,18,23H,5,9-10H2,1-4H3. The minimum absolute atomic E-state index is 0.0354. The van der Waals surface area contributed by atoms with Crippen molar-refractivity contribution in [2.45, 2.75) is 39.5 Å². The van der Waals surface area contributed by atoms with E-state index in [9.17, 15) is 9.18 Å². The minimum atomic E-state index is -1.05. The lowest BCUT2D eigenvalue weighted by Gasteiger charge is -2.36. The second kappa shape index (κ2) is 9.13. The molecule has 0 bridgehead atoms. The summed E-state index contributed by atoms with van der Waals surface area (Å²) in [5, 5.41) is 9.00. The molecule has 0 aliphatic carbocycles. The van der Waals surface area contributed by atoms with E-state index in [1.54, 1.807) is 27.9 Å². The predicted octanol–water partition coefficient (Wildman–Crippen LogP) is 2.80. The summed E-state index contributed by atoms with van der Waals surface area (Å²) in [4.78, 5) is 18.7. The molecule has 0 spiro atoms. The molecule has 1 rings (SSSR count). The number of nitrogens with zero attached hydrogens (tertiary/aromatic N) is 1. The third-order valence-corrected chi connectivity index (χ3v) is 4.22. The molecule has 0 heterocycles. The van der Waals surface area contributed by atoms with Gasteiger partial charge in [-0.15, -0.1) is 0 Å². The number of carbonyl (C=O) groups is 1. The minimum Gasteiger partial charge on any atom is -0.441 e. The molecule has 0 saturated heterocycles. The average Bonchev–Trinajstić information content (AvgIpc) is 2.50. The molecule has 0 amide bonds. The lowest BCUT2D eigenvalue weighted by molar-refractivity contribution is -0.200. The molecule has 130 valence electrons. The van der Waals surface area contributed by atoms with Gasteiger partial charge in [0.1, 0.15) is 5.82 Å². The van der Waals surface area contributed by atoms with Gasteiger partial charge in [0.05, 0.1) is 13.0 Å². The molecule has 6 nitrogen and oxygen atoms in total. The highest BCUT2D eigenvalue weighted by molar-refractivity contribution is 7.34. The van der Waals surface area contributed by atoms with Crippen LogP contribution in [0.4, 0.5) is 4.39 Å². The summed E-state index contributed by atoms with van der Waals surface area (Å²) < 4.78 is 24.2. The second-order valence-corrected chi connectivity index (χ2v) is 6.17. The first-order valence-corrected chi connectivity index (χ1v) is 8.31. The van der Waals surface area contributed by atoms with Gasteiger partial charge in [-0.2, -0.15) is 0 Å². The first kappa shape index (κ1) is 19.8. The number of carbonyl (C=O) groups excluding carboxylic acids is 1. The zero-order valence-corrected chi connectivity index (χ0v) is 14.8. The lowest BCUT2D eigenvalue weighted by atomic mass is 10.2. The van der Waals surface area contributed by atoms with E-state index in [0.717, 1.165) is 0 Å². The molecule has 1 aromatic carbocycles. The Morgan fingerprint density at radius 2 is 2.13 bits per heavy atom. The van der Waals surface area contributed by atoms with Crippen LogP contribution in [0.1, 0.15) is 32.8 Å². The van der Waals surface area contributed by atoms with Gasteiger partial charge in [-0.3, -0.25) is 4.79 Å². The summed E-state index contributed by atoms with van der Waals surface area (Å²) in [6, 6.07) is 4.15. The van der Waals surface area contributed by atoms with Crippen LogP contribution in [0.2, 0.25) is 0 Å². The number of rotatable bonds is 9. The van der Waals surface area contributed by atoms with Gasteiger partial charge in [-0.1, -0.05) is 17.8 Å². The van der Waals surface area contributed by atoms with Crippen molar-refractivity contribution in [1.82, 2.24) is 4.83 Å². The molecule has 23 heavy (non-hydrogen) atoms. The summed E-state index contributed by atoms with van der Waals surface area (Å²) >= 11 is 0. The van der Waals surface area contributed by atoms with Crippen LogP contribution in [0.15, 0.2) is 18.2 Å². The molecule has 0 saturated carbocycles. The van der Waals surface area contributed by atoms with Gasteiger partial charge in [-0.05, 0) is 19.9 Å². The molecule has 1 unspecified atom stereocenters. The van der Waals surface area contributed by atoms with Gasteiger partial charge in [0.2, 0.25) is 0 Å². The number of halogens is 1. The van der Waals surface area contributed by atoms with E-state index in [1.165, 1.54) is 23.0 Å². The van der Waals surface area contributed by atoms with Crippen LogP contribution in [0.5, 0.6) is 5.75 Å². The topological polar surface area (TPSA) is 68.2 Å². The Kier molecular flexibility index (Phi) is 7.85. The zero-order valence-electron chi connectivity index (χ0n) is 13.8. The van der Waals surface area contributed by atoms with Crippen LogP contribution < -0.4 is 4.84 Å². The lowest BCUT2D eigenvalue weighted by Crippen LogP contribution is -2.44. The molecular formula is C15H23FNO5P. The van der Waals surface area contributed by atoms with Crippen LogP contribution in [-0.4, -0.2) is 35.1 Å². The van der Waals surface area contributed by atoms with Crippen molar-refractivity contribution < 1.29 is 28.6 Å². The Balaban J connectivity index is 2.93. The largest absolute Gasteiger partial charge is 0.441 e. The van der Waals surface area contributed by atoms with Crippen LogP contribution in [-0.2, 0) is 20.9 Å². The van der Waals surface area contributed by atoms with Crippen molar-refractivity contribution in [2.24, 2.45) is 0 Å². The fourth-order valence-electron chi connectivity index (χ4n) is 1.67. The third-order valence-electron chi connectivity index (χ3n) is 2.89. The highest BCUT2D eigenvalue weighted by atomic mass is 31.1. The van der Waals surface area contributed by atoms with Crippen molar-refractivity contribution >= 4 is 14.7 Å². The quantitative estimate of drug-likeness (QED) is 0.321. The molecule has 1 aromatic rings. The van der Waals surface area contributed by atoms with Crippen LogP contribution >= 0.6 is 8.73 Å². The highest BCUT2D eigenvalue weighted by Crippen LogP contribution is 2.32. The molecule has 0 aliphatic rings. The molecule has 1 atom stereocenters. The number of benzene rings is 1. The Labute approximate surface area is 137 Å². The molecule has 8 heteroatoms. The highest BCUT2D eigenvalue weighted by Gasteiger charge is 2.33. The average molecular weight is 347 g/mol. The first-order chi connectivity index (χ1) is 10.8. The summed E-state index contributed by atoms with van der Waals surface area (Å²) in [7, 11) is 1.58. The van der Waals surface area contributed by atoms with E-state index in [2.05, 4.69) is 0 Å². The van der Waals surface area contributed by atoms with E-state index >= 15 is 0 Å². The van der Waals surface area contributed by atoms with Crippen molar-refractivity contribution in [1.29, 1.82) is 0 Å². The van der Waals surface area contributed by atoms with Crippen molar-refractivity contribution in [3.63, 3.8) is 0 Å².